The summed E-state index contributed by atoms with van der Waals surface area (Å²) in [4.78, 5) is 15.0. The molecule has 0 heterocycles. The first kappa shape index (κ1) is 15.4. The number of hydrogen-bond donors (Lipinski definition) is 1. The molecule has 0 radical (unpaired) electrons. The predicted octanol–water partition coefficient (Wildman–Crippen LogP) is 3.77. The first-order chi connectivity index (χ1) is 10.7. The molecule has 0 bridgehead atoms. The van der Waals surface area contributed by atoms with Crippen LogP contribution in [0.2, 0.25) is 0 Å². The van der Waals surface area contributed by atoms with Crippen molar-refractivity contribution in [2.45, 2.75) is 63.8 Å². The predicted molar refractivity (Wildman–Crippen MR) is 90.5 cm³/mol. The fourth-order valence-electron chi connectivity index (χ4n) is 3.57. The zero-order chi connectivity index (χ0) is 15.4. The smallest absolute Gasteiger partial charge is 0.223 e. The van der Waals surface area contributed by atoms with E-state index in [2.05, 4.69) is 4.90 Å². The van der Waals surface area contributed by atoms with Crippen LogP contribution in [0.3, 0.4) is 0 Å². The van der Waals surface area contributed by atoms with E-state index in [1.165, 1.54) is 44.9 Å². The minimum absolute atomic E-state index is 0.335. The van der Waals surface area contributed by atoms with Crippen LogP contribution in [0.1, 0.15) is 56.9 Å². The van der Waals surface area contributed by atoms with Crippen molar-refractivity contribution >= 4 is 11.6 Å². The number of nitrogen functional groups attached to an aromatic ring is 1. The molecule has 22 heavy (non-hydrogen) atoms. The van der Waals surface area contributed by atoms with Gasteiger partial charge in [-0.3, -0.25) is 4.79 Å². The fourth-order valence-corrected chi connectivity index (χ4v) is 3.57. The number of benzene rings is 1. The third-order valence-electron chi connectivity index (χ3n) is 5.15. The largest absolute Gasteiger partial charge is 0.399 e. The normalized spacial score (nSPS) is 19.1. The molecule has 1 aromatic carbocycles. The minimum atomic E-state index is 0.335. The average Bonchev–Trinajstić information content (AvgIpc) is 3.36. The van der Waals surface area contributed by atoms with Crippen LogP contribution >= 0.6 is 0 Å². The molecule has 2 aliphatic rings. The molecular formula is C19H28N2O. The Kier molecular flexibility index (Phi) is 5.01. The fraction of sp³-hybridized carbons (Fsp3) is 0.632. The molecular weight excluding hydrogens is 272 g/mol. The SMILES string of the molecule is Nc1ccccc1CCC(=O)N(CC1CC1)C1CCCCC1. The monoisotopic (exact) mass is 300 g/mol. The molecule has 3 rings (SSSR count). The van der Waals surface area contributed by atoms with E-state index in [0.29, 0.717) is 18.4 Å². The maximum Gasteiger partial charge on any atom is 0.223 e. The quantitative estimate of drug-likeness (QED) is 0.813. The number of nitrogens with zero attached hydrogens (tertiary/aromatic N) is 1. The van der Waals surface area contributed by atoms with E-state index in [4.69, 9.17) is 5.73 Å². The van der Waals surface area contributed by atoms with Gasteiger partial charge in [0.15, 0.2) is 0 Å². The zero-order valence-electron chi connectivity index (χ0n) is 13.5. The van der Waals surface area contributed by atoms with Gasteiger partial charge in [0.25, 0.3) is 0 Å². The number of hydrogen-bond acceptors (Lipinski definition) is 2. The van der Waals surface area contributed by atoms with Gasteiger partial charge in [0, 0.05) is 24.7 Å². The topological polar surface area (TPSA) is 46.3 Å². The maximum absolute atomic E-state index is 12.8. The van der Waals surface area contributed by atoms with Crippen LogP contribution in [-0.4, -0.2) is 23.4 Å². The summed E-state index contributed by atoms with van der Waals surface area (Å²) >= 11 is 0. The summed E-state index contributed by atoms with van der Waals surface area (Å²) in [6.45, 7) is 0.994. The Hall–Kier alpha value is -1.51. The van der Waals surface area contributed by atoms with Gasteiger partial charge < -0.3 is 10.6 Å². The van der Waals surface area contributed by atoms with E-state index in [9.17, 15) is 4.79 Å². The highest BCUT2D eigenvalue weighted by molar-refractivity contribution is 5.77. The Morgan fingerprint density at radius 3 is 2.50 bits per heavy atom. The first-order valence-corrected chi connectivity index (χ1v) is 8.87. The molecule has 0 spiro atoms. The molecule has 0 aliphatic heterocycles. The number of para-hydroxylation sites is 1. The molecule has 120 valence electrons. The van der Waals surface area contributed by atoms with Crippen molar-refractivity contribution in [3.05, 3.63) is 29.8 Å². The van der Waals surface area contributed by atoms with Gasteiger partial charge in [-0.2, -0.15) is 0 Å². The van der Waals surface area contributed by atoms with Crippen molar-refractivity contribution in [2.24, 2.45) is 5.92 Å². The van der Waals surface area contributed by atoms with Crippen LogP contribution in [-0.2, 0) is 11.2 Å². The molecule has 2 aliphatic carbocycles. The second-order valence-electron chi connectivity index (χ2n) is 6.98. The van der Waals surface area contributed by atoms with Crippen LogP contribution in [0.4, 0.5) is 5.69 Å². The Balaban J connectivity index is 1.59. The lowest BCUT2D eigenvalue weighted by atomic mass is 9.93. The van der Waals surface area contributed by atoms with Crippen molar-refractivity contribution in [1.82, 2.24) is 4.90 Å². The molecule has 2 saturated carbocycles. The number of amides is 1. The van der Waals surface area contributed by atoms with Crippen molar-refractivity contribution < 1.29 is 4.79 Å². The molecule has 0 aromatic heterocycles. The molecule has 0 unspecified atom stereocenters. The first-order valence-electron chi connectivity index (χ1n) is 8.87. The van der Waals surface area contributed by atoms with Gasteiger partial charge in [0.2, 0.25) is 5.91 Å². The molecule has 0 saturated heterocycles. The van der Waals surface area contributed by atoms with E-state index in [1.54, 1.807) is 0 Å². The summed E-state index contributed by atoms with van der Waals surface area (Å²) < 4.78 is 0. The third-order valence-corrected chi connectivity index (χ3v) is 5.15. The van der Waals surface area contributed by atoms with Crippen molar-refractivity contribution in [3.63, 3.8) is 0 Å². The lowest BCUT2D eigenvalue weighted by Gasteiger charge is -2.34. The molecule has 2 fully saturated rings. The highest BCUT2D eigenvalue weighted by Crippen LogP contribution is 2.33. The molecule has 1 aromatic rings. The van der Waals surface area contributed by atoms with Gasteiger partial charge >= 0.3 is 0 Å². The van der Waals surface area contributed by atoms with Gasteiger partial charge in [-0.1, -0.05) is 37.5 Å². The van der Waals surface area contributed by atoms with Crippen LogP contribution in [0, 0.1) is 5.92 Å². The van der Waals surface area contributed by atoms with Crippen molar-refractivity contribution in [2.75, 3.05) is 12.3 Å². The van der Waals surface area contributed by atoms with Gasteiger partial charge in [-0.15, -0.1) is 0 Å². The Morgan fingerprint density at radius 2 is 1.82 bits per heavy atom. The summed E-state index contributed by atoms with van der Waals surface area (Å²) in [5, 5.41) is 0. The summed E-state index contributed by atoms with van der Waals surface area (Å²) in [5.41, 5.74) is 7.90. The van der Waals surface area contributed by atoms with E-state index in [1.807, 2.05) is 24.3 Å². The van der Waals surface area contributed by atoms with Gasteiger partial charge in [0.05, 0.1) is 0 Å². The van der Waals surface area contributed by atoms with E-state index in [-0.39, 0.29) is 0 Å². The van der Waals surface area contributed by atoms with E-state index < -0.39 is 0 Å². The van der Waals surface area contributed by atoms with Crippen LogP contribution in [0.15, 0.2) is 24.3 Å². The van der Waals surface area contributed by atoms with Crippen molar-refractivity contribution in [3.8, 4) is 0 Å². The molecule has 1 amide bonds. The summed E-state index contributed by atoms with van der Waals surface area (Å²) in [5.74, 6) is 1.11. The third kappa shape index (κ3) is 4.02. The number of rotatable bonds is 6. The average molecular weight is 300 g/mol. The lowest BCUT2D eigenvalue weighted by Crippen LogP contribution is -2.42. The number of carbonyl (C=O) groups excluding carboxylic acids is 1. The summed E-state index contributed by atoms with van der Waals surface area (Å²) in [6, 6.07) is 8.40. The Bertz CT molecular complexity index is 504. The molecule has 0 atom stereocenters. The lowest BCUT2D eigenvalue weighted by molar-refractivity contribution is -0.134. The van der Waals surface area contributed by atoms with Crippen LogP contribution in [0.25, 0.3) is 0 Å². The molecule has 2 N–H and O–H groups in total. The Labute approximate surface area is 133 Å². The molecule has 3 nitrogen and oxygen atoms in total. The van der Waals surface area contributed by atoms with Gasteiger partial charge in [-0.25, -0.2) is 0 Å². The maximum atomic E-state index is 12.8. The minimum Gasteiger partial charge on any atom is -0.399 e. The number of carbonyl (C=O) groups is 1. The van der Waals surface area contributed by atoms with Gasteiger partial charge in [-0.05, 0) is 49.7 Å². The second kappa shape index (κ2) is 7.17. The number of aryl methyl sites for hydroxylation is 1. The summed E-state index contributed by atoms with van der Waals surface area (Å²) in [7, 11) is 0. The Morgan fingerprint density at radius 1 is 1.09 bits per heavy atom. The highest BCUT2D eigenvalue weighted by atomic mass is 16.2. The summed E-state index contributed by atoms with van der Waals surface area (Å²) in [6.07, 6.45) is 10.3. The van der Waals surface area contributed by atoms with E-state index in [0.717, 1.165) is 30.1 Å². The van der Waals surface area contributed by atoms with E-state index >= 15 is 0 Å². The standard InChI is InChI=1S/C19H28N2O/c20-18-9-5-4-6-16(18)12-13-19(22)21(14-15-10-11-15)17-7-2-1-3-8-17/h4-6,9,15,17H,1-3,7-8,10-14,20H2. The van der Waals surface area contributed by atoms with Gasteiger partial charge in [0.1, 0.15) is 0 Å². The van der Waals surface area contributed by atoms with Crippen molar-refractivity contribution in [1.29, 1.82) is 0 Å². The van der Waals surface area contributed by atoms with Crippen LogP contribution < -0.4 is 5.73 Å². The highest BCUT2D eigenvalue weighted by Gasteiger charge is 2.31. The number of anilines is 1. The number of nitrogens with two attached hydrogens (primary N) is 1. The molecule has 3 heteroatoms. The zero-order valence-corrected chi connectivity index (χ0v) is 13.5. The van der Waals surface area contributed by atoms with Crippen LogP contribution in [0.5, 0.6) is 0 Å². The second-order valence-corrected chi connectivity index (χ2v) is 6.98.